The van der Waals surface area contributed by atoms with Crippen molar-refractivity contribution in [3.8, 4) is 0 Å². The van der Waals surface area contributed by atoms with E-state index in [4.69, 9.17) is 0 Å². The van der Waals surface area contributed by atoms with Gasteiger partial charge in [0.25, 0.3) is 5.95 Å². The normalized spacial score (nSPS) is 28.7. The summed E-state index contributed by atoms with van der Waals surface area (Å²) >= 11 is 0. The standard InChI is InChI=1S/C15H20N6/c1-2-4-11(5-3-1)10-21-13-6-7-14(21)9-12(8-13)16-15-17-19-20-18-15/h1-5,12-14H,6-10H2,(H2,16,17,18,19,20). The third kappa shape index (κ3) is 2.63. The van der Waals surface area contributed by atoms with Crippen LogP contribution in [0.25, 0.3) is 0 Å². The minimum absolute atomic E-state index is 0.465. The molecule has 6 heteroatoms. The third-order valence-corrected chi connectivity index (χ3v) is 4.77. The average molecular weight is 284 g/mol. The SMILES string of the molecule is c1ccc(CN2C3CCC2CC(Nc2nn[nH]n2)C3)cc1. The van der Waals surface area contributed by atoms with Crippen molar-refractivity contribution in [2.75, 3.05) is 5.32 Å². The number of tetrazole rings is 1. The monoisotopic (exact) mass is 284 g/mol. The van der Waals surface area contributed by atoms with Gasteiger partial charge < -0.3 is 5.32 Å². The van der Waals surface area contributed by atoms with Gasteiger partial charge in [0.05, 0.1) is 0 Å². The molecule has 21 heavy (non-hydrogen) atoms. The fraction of sp³-hybridized carbons (Fsp3) is 0.533. The lowest BCUT2D eigenvalue weighted by Gasteiger charge is -2.39. The van der Waals surface area contributed by atoms with E-state index in [-0.39, 0.29) is 0 Å². The number of benzene rings is 1. The fourth-order valence-electron chi connectivity index (χ4n) is 3.85. The summed E-state index contributed by atoms with van der Waals surface area (Å²) in [6.45, 7) is 1.07. The van der Waals surface area contributed by atoms with E-state index in [0.717, 1.165) is 19.4 Å². The lowest BCUT2D eigenvalue weighted by Crippen LogP contribution is -2.46. The van der Waals surface area contributed by atoms with Crippen molar-refractivity contribution in [3.05, 3.63) is 35.9 Å². The molecule has 0 spiro atoms. The van der Waals surface area contributed by atoms with Crippen molar-refractivity contribution in [1.82, 2.24) is 25.5 Å². The van der Waals surface area contributed by atoms with Gasteiger partial charge in [0.15, 0.2) is 0 Å². The lowest BCUT2D eigenvalue weighted by molar-refractivity contribution is 0.124. The number of aromatic nitrogens is 4. The zero-order valence-electron chi connectivity index (χ0n) is 11.9. The fourth-order valence-corrected chi connectivity index (χ4v) is 3.85. The number of fused-ring (bicyclic) bond motifs is 2. The van der Waals surface area contributed by atoms with Crippen molar-refractivity contribution in [2.45, 2.75) is 50.4 Å². The predicted octanol–water partition coefficient (Wildman–Crippen LogP) is 1.81. The Kier molecular flexibility index (Phi) is 3.31. The first-order valence-corrected chi connectivity index (χ1v) is 7.68. The molecule has 2 aliphatic heterocycles. The number of aromatic amines is 1. The molecule has 2 unspecified atom stereocenters. The number of piperidine rings is 1. The lowest BCUT2D eigenvalue weighted by atomic mass is 9.96. The van der Waals surface area contributed by atoms with Crippen molar-refractivity contribution in [3.63, 3.8) is 0 Å². The van der Waals surface area contributed by atoms with Crippen molar-refractivity contribution >= 4 is 5.95 Å². The Bertz CT molecular complexity index is 555. The highest BCUT2D eigenvalue weighted by Gasteiger charge is 2.40. The summed E-state index contributed by atoms with van der Waals surface area (Å²) in [6.07, 6.45) is 4.94. The van der Waals surface area contributed by atoms with Crippen LogP contribution in [0.15, 0.2) is 30.3 Å². The predicted molar refractivity (Wildman–Crippen MR) is 79.6 cm³/mol. The molecule has 2 N–H and O–H groups in total. The van der Waals surface area contributed by atoms with Crippen LogP contribution >= 0.6 is 0 Å². The highest BCUT2D eigenvalue weighted by Crippen LogP contribution is 2.37. The Hall–Kier alpha value is -1.95. The highest BCUT2D eigenvalue weighted by molar-refractivity contribution is 5.23. The molecule has 2 aromatic rings. The topological polar surface area (TPSA) is 69.7 Å². The van der Waals surface area contributed by atoms with Crippen LogP contribution in [0, 0.1) is 0 Å². The second-order valence-electron chi connectivity index (χ2n) is 6.09. The Morgan fingerprint density at radius 3 is 2.57 bits per heavy atom. The maximum Gasteiger partial charge on any atom is 0.263 e. The van der Waals surface area contributed by atoms with E-state index in [0.29, 0.717) is 24.1 Å². The largest absolute Gasteiger partial charge is 0.349 e. The molecule has 1 aromatic heterocycles. The van der Waals surface area contributed by atoms with Crippen molar-refractivity contribution in [1.29, 1.82) is 0 Å². The number of hydrogen-bond acceptors (Lipinski definition) is 5. The van der Waals surface area contributed by atoms with E-state index in [1.807, 2.05) is 0 Å². The summed E-state index contributed by atoms with van der Waals surface area (Å²) in [5.74, 6) is 0.621. The van der Waals surface area contributed by atoms with Gasteiger partial charge in [-0.15, -0.1) is 5.10 Å². The molecule has 110 valence electrons. The molecule has 1 aromatic carbocycles. The Labute approximate surface area is 123 Å². The highest BCUT2D eigenvalue weighted by atomic mass is 15.5. The molecule has 6 nitrogen and oxygen atoms in total. The van der Waals surface area contributed by atoms with Gasteiger partial charge in [-0.3, -0.25) is 4.90 Å². The van der Waals surface area contributed by atoms with Crippen LogP contribution in [0.3, 0.4) is 0 Å². The van der Waals surface area contributed by atoms with Crippen molar-refractivity contribution in [2.24, 2.45) is 0 Å². The van der Waals surface area contributed by atoms with E-state index in [1.54, 1.807) is 0 Å². The van der Waals surface area contributed by atoms with E-state index < -0.39 is 0 Å². The molecule has 0 amide bonds. The van der Waals surface area contributed by atoms with E-state index in [9.17, 15) is 0 Å². The molecule has 0 radical (unpaired) electrons. The quantitative estimate of drug-likeness (QED) is 0.896. The molecule has 0 aliphatic carbocycles. The number of rotatable bonds is 4. The summed E-state index contributed by atoms with van der Waals surface area (Å²) in [5, 5.41) is 17.5. The van der Waals surface area contributed by atoms with E-state index >= 15 is 0 Å². The van der Waals surface area contributed by atoms with Gasteiger partial charge in [-0.2, -0.15) is 5.21 Å². The summed E-state index contributed by atoms with van der Waals surface area (Å²) in [5.41, 5.74) is 1.42. The average Bonchev–Trinajstić information content (AvgIpc) is 3.07. The van der Waals surface area contributed by atoms with Gasteiger partial charge >= 0.3 is 0 Å². The first-order valence-electron chi connectivity index (χ1n) is 7.68. The zero-order valence-corrected chi connectivity index (χ0v) is 11.9. The van der Waals surface area contributed by atoms with Gasteiger partial charge in [0, 0.05) is 24.7 Å². The van der Waals surface area contributed by atoms with Gasteiger partial charge in [-0.05, 0) is 36.5 Å². The maximum absolute atomic E-state index is 4.00. The second kappa shape index (κ2) is 5.44. The summed E-state index contributed by atoms with van der Waals surface area (Å²) < 4.78 is 0. The van der Waals surface area contributed by atoms with Crippen LogP contribution < -0.4 is 5.32 Å². The second-order valence-corrected chi connectivity index (χ2v) is 6.09. The van der Waals surface area contributed by atoms with Crippen LogP contribution in [0.1, 0.15) is 31.2 Å². The molecule has 2 atom stereocenters. The van der Waals surface area contributed by atoms with Crippen LogP contribution in [-0.4, -0.2) is 43.6 Å². The minimum Gasteiger partial charge on any atom is -0.349 e. The summed E-state index contributed by atoms with van der Waals surface area (Å²) in [7, 11) is 0. The van der Waals surface area contributed by atoms with Crippen LogP contribution in [0.4, 0.5) is 5.95 Å². The smallest absolute Gasteiger partial charge is 0.263 e. The first kappa shape index (κ1) is 12.8. The molecular weight excluding hydrogens is 264 g/mol. The molecule has 4 rings (SSSR count). The van der Waals surface area contributed by atoms with Crippen LogP contribution in [-0.2, 0) is 6.54 Å². The van der Waals surface area contributed by atoms with Crippen LogP contribution in [0.5, 0.6) is 0 Å². The number of H-pyrrole nitrogens is 1. The van der Waals surface area contributed by atoms with Crippen LogP contribution in [0.2, 0.25) is 0 Å². The molecular formula is C15H20N6. The minimum atomic E-state index is 0.465. The van der Waals surface area contributed by atoms with Gasteiger partial charge in [0.1, 0.15) is 0 Å². The van der Waals surface area contributed by atoms with E-state index in [1.165, 1.54) is 18.4 Å². The maximum atomic E-state index is 4.00. The summed E-state index contributed by atoms with van der Waals surface area (Å²) in [6, 6.07) is 12.6. The molecule has 2 saturated heterocycles. The molecule has 2 aliphatic rings. The first-order chi connectivity index (χ1) is 10.4. The zero-order chi connectivity index (χ0) is 14.1. The molecule has 0 saturated carbocycles. The number of anilines is 1. The van der Waals surface area contributed by atoms with Gasteiger partial charge in [0.2, 0.25) is 0 Å². The number of nitrogens with zero attached hydrogens (tertiary/aromatic N) is 4. The molecule has 3 heterocycles. The molecule has 2 bridgehead atoms. The Balaban J connectivity index is 1.42. The number of nitrogens with one attached hydrogen (secondary N) is 2. The van der Waals surface area contributed by atoms with Crippen molar-refractivity contribution < 1.29 is 0 Å². The molecule has 2 fully saturated rings. The van der Waals surface area contributed by atoms with Gasteiger partial charge in [-0.25, -0.2) is 0 Å². The Morgan fingerprint density at radius 2 is 1.90 bits per heavy atom. The van der Waals surface area contributed by atoms with E-state index in [2.05, 4.69) is 61.2 Å². The third-order valence-electron chi connectivity index (χ3n) is 4.77. The number of hydrogen-bond donors (Lipinski definition) is 2. The summed E-state index contributed by atoms with van der Waals surface area (Å²) in [4.78, 5) is 2.68. The Morgan fingerprint density at radius 1 is 1.14 bits per heavy atom. The van der Waals surface area contributed by atoms with Gasteiger partial charge in [-0.1, -0.05) is 35.4 Å².